The van der Waals surface area contributed by atoms with E-state index < -0.39 is 25.9 Å². The number of rotatable bonds is 6. The summed E-state index contributed by atoms with van der Waals surface area (Å²) in [6.07, 6.45) is 4.98. The molecule has 0 atom stereocenters. The third-order valence-electron chi connectivity index (χ3n) is 4.69. The summed E-state index contributed by atoms with van der Waals surface area (Å²) < 4.78 is 62.7. The molecule has 3 rings (SSSR count). The zero-order chi connectivity index (χ0) is 24.4. The van der Waals surface area contributed by atoms with Gasteiger partial charge in [0.05, 0.1) is 11.1 Å². The highest BCUT2D eigenvalue weighted by atomic mass is 32.2. The van der Waals surface area contributed by atoms with E-state index in [1.807, 2.05) is 0 Å². The van der Waals surface area contributed by atoms with Gasteiger partial charge < -0.3 is 5.32 Å². The summed E-state index contributed by atoms with van der Waals surface area (Å²) in [7, 11) is -4.51. The predicted molar refractivity (Wildman–Crippen MR) is 124 cm³/mol. The van der Waals surface area contributed by atoms with Gasteiger partial charge in [-0.2, -0.15) is 4.98 Å². The molecule has 0 unspecified atom stereocenters. The van der Waals surface area contributed by atoms with Gasteiger partial charge in [-0.05, 0) is 49.1 Å². The second kappa shape index (κ2) is 9.47. The smallest absolute Gasteiger partial charge is 0.238 e. The molecule has 10 nitrogen and oxygen atoms in total. The van der Waals surface area contributed by atoms with Crippen LogP contribution in [0.25, 0.3) is 0 Å². The zero-order valence-electron chi connectivity index (χ0n) is 18.1. The summed E-state index contributed by atoms with van der Waals surface area (Å²) >= 11 is 0. The fourth-order valence-electron chi connectivity index (χ4n) is 2.88. The fourth-order valence-corrected chi connectivity index (χ4v) is 4.47. The van der Waals surface area contributed by atoms with E-state index in [9.17, 15) is 21.2 Å². The van der Waals surface area contributed by atoms with Gasteiger partial charge in [-0.15, -0.1) is 0 Å². The van der Waals surface area contributed by atoms with Crippen LogP contribution in [0.1, 0.15) is 18.4 Å². The lowest BCUT2D eigenvalue weighted by Crippen LogP contribution is -2.20. The number of aryl methyl sites for hydroxylation is 1. The molecule has 0 fully saturated rings. The van der Waals surface area contributed by atoms with E-state index in [0.29, 0.717) is 35.4 Å². The number of hydrogen-bond donors (Lipinski definition) is 2. The van der Waals surface area contributed by atoms with Crippen molar-refractivity contribution in [1.82, 2.24) is 14.3 Å². The van der Waals surface area contributed by atoms with Crippen LogP contribution < -0.4 is 10.5 Å². The minimum Gasteiger partial charge on any atom is -0.324 e. The largest absolute Gasteiger partial charge is 0.324 e. The molecule has 0 radical (unpaired) electrons. The molecule has 1 aliphatic carbocycles. The summed E-state index contributed by atoms with van der Waals surface area (Å²) in [4.78, 5) is 12.1. The van der Waals surface area contributed by atoms with Crippen molar-refractivity contribution in [3.8, 4) is 0 Å². The highest BCUT2D eigenvalue weighted by Gasteiger charge is 2.16. The average Bonchev–Trinajstić information content (AvgIpc) is 2.72. The van der Waals surface area contributed by atoms with Gasteiger partial charge in [0, 0.05) is 30.9 Å². The molecular formula is C20H23FN6O4S2. The number of allylic oxidation sites excluding steroid dienone is 3. The molecule has 33 heavy (non-hydrogen) atoms. The molecule has 13 heteroatoms. The molecule has 0 spiro atoms. The maximum Gasteiger partial charge on any atom is 0.238 e. The molecule has 0 amide bonds. The number of hydrogen-bond acceptors (Lipinski definition) is 8. The van der Waals surface area contributed by atoms with E-state index in [1.165, 1.54) is 25.6 Å². The van der Waals surface area contributed by atoms with Crippen LogP contribution in [0.2, 0.25) is 0 Å². The van der Waals surface area contributed by atoms with Crippen molar-refractivity contribution in [2.75, 3.05) is 19.4 Å². The van der Waals surface area contributed by atoms with Gasteiger partial charge in [-0.25, -0.2) is 40.6 Å². The normalized spacial score (nSPS) is 17.2. The Balaban J connectivity index is 1.84. The van der Waals surface area contributed by atoms with E-state index in [-0.39, 0.29) is 16.7 Å². The van der Waals surface area contributed by atoms with Crippen molar-refractivity contribution in [2.45, 2.75) is 24.7 Å². The number of sulfonamides is 2. The number of nitrogens with zero attached hydrogens (tertiary/aromatic N) is 4. The Kier molecular flexibility index (Phi) is 7.07. The first kappa shape index (κ1) is 24.6. The lowest BCUT2D eigenvalue weighted by atomic mass is 10.0. The molecule has 1 aromatic carbocycles. The van der Waals surface area contributed by atoms with Gasteiger partial charge in [0.25, 0.3) is 0 Å². The van der Waals surface area contributed by atoms with Gasteiger partial charge in [-0.3, -0.25) is 0 Å². The van der Waals surface area contributed by atoms with Crippen LogP contribution >= 0.6 is 0 Å². The molecule has 0 saturated heterocycles. The van der Waals surface area contributed by atoms with Gasteiger partial charge in [-0.1, -0.05) is 12.1 Å². The van der Waals surface area contributed by atoms with Gasteiger partial charge in [0.15, 0.2) is 11.6 Å². The number of anilines is 2. The average molecular weight is 495 g/mol. The van der Waals surface area contributed by atoms with Gasteiger partial charge >= 0.3 is 0 Å². The Bertz CT molecular complexity index is 1380. The maximum atomic E-state index is 14.2. The number of aromatic nitrogens is 2. The quantitative estimate of drug-likeness (QED) is 0.627. The van der Waals surface area contributed by atoms with Crippen LogP contribution in [0.4, 0.5) is 21.8 Å². The Morgan fingerprint density at radius 3 is 2.52 bits per heavy atom. The molecule has 1 heterocycles. The number of nitrogens with two attached hydrogens (primary N) is 1. The maximum absolute atomic E-state index is 14.2. The summed E-state index contributed by atoms with van der Waals surface area (Å²) in [6.45, 7) is 1.61. The first-order valence-electron chi connectivity index (χ1n) is 9.67. The summed E-state index contributed by atoms with van der Waals surface area (Å²) in [5.41, 5.74) is 1.96. The minimum atomic E-state index is -3.92. The standard InChI is InChI=1S/C20H23FN6O4S2/c1-13-4-7-16(10-18(13)33(22,30)31)25-20-23-11-17(21)19(26-20)24-15-8-5-14(6-9-15)12-32(28,29)27(2)3/h4-5,7-8,10-12H,6,9H2,1-3H3,(H2,22,30,31)(H,23,25,26). The molecule has 2 aromatic rings. The first-order chi connectivity index (χ1) is 15.3. The van der Waals surface area contributed by atoms with Gasteiger partial charge in [0.2, 0.25) is 26.0 Å². The molecule has 1 aromatic heterocycles. The monoisotopic (exact) mass is 494 g/mol. The second-order valence-electron chi connectivity index (χ2n) is 7.47. The van der Waals surface area contributed by atoms with Crippen LogP contribution in [0.3, 0.4) is 0 Å². The van der Waals surface area contributed by atoms with Crippen molar-refractivity contribution in [3.63, 3.8) is 0 Å². The van der Waals surface area contributed by atoms with Crippen LogP contribution in [0.15, 0.2) is 57.4 Å². The topological polar surface area (TPSA) is 148 Å². The number of benzene rings is 1. The van der Waals surface area contributed by atoms with Crippen LogP contribution in [-0.2, 0) is 20.0 Å². The van der Waals surface area contributed by atoms with E-state index in [1.54, 1.807) is 31.2 Å². The van der Waals surface area contributed by atoms with E-state index in [0.717, 1.165) is 10.5 Å². The SMILES string of the molecule is Cc1ccc(Nc2ncc(F)c(N=C3C=CC(=CS(=O)(=O)N(C)C)CC3)n2)cc1S(N)(=O)=O. The van der Waals surface area contributed by atoms with E-state index >= 15 is 0 Å². The van der Waals surface area contributed by atoms with Crippen molar-refractivity contribution >= 4 is 43.2 Å². The third-order valence-corrected chi connectivity index (χ3v) is 7.37. The summed E-state index contributed by atoms with van der Waals surface area (Å²) in [6, 6.07) is 4.52. The molecular weight excluding hydrogens is 471 g/mol. The molecule has 3 N–H and O–H groups in total. The van der Waals surface area contributed by atoms with Crippen molar-refractivity contribution in [3.05, 3.63) is 58.9 Å². The van der Waals surface area contributed by atoms with Crippen molar-refractivity contribution in [2.24, 2.45) is 10.1 Å². The predicted octanol–water partition coefficient (Wildman–Crippen LogP) is 2.51. The third kappa shape index (κ3) is 6.28. The summed E-state index contributed by atoms with van der Waals surface area (Å²) in [5.74, 6) is -0.941. The lowest BCUT2D eigenvalue weighted by molar-refractivity contribution is 0.530. The second-order valence-corrected chi connectivity index (χ2v) is 11.0. The molecule has 0 bridgehead atoms. The first-order valence-corrected chi connectivity index (χ1v) is 12.7. The Morgan fingerprint density at radius 1 is 1.18 bits per heavy atom. The molecule has 1 aliphatic rings. The number of primary sulfonamides is 1. The number of halogens is 1. The Labute approximate surface area is 191 Å². The van der Waals surface area contributed by atoms with Crippen LogP contribution in [0.5, 0.6) is 0 Å². The fraction of sp³-hybridized carbons (Fsp3) is 0.250. The highest BCUT2D eigenvalue weighted by Crippen LogP contribution is 2.24. The highest BCUT2D eigenvalue weighted by molar-refractivity contribution is 7.92. The van der Waals surface area contributed by atoms with E-state index in [2.05, 4.69) is 20.3 Å². The Hall–Kier alpha value is -3.00. The molecule has 0 aliphatic heterocycles. The van der Waals surface area contributed by atoms with Crippen molar-refractivity contribution in [1.29, 1.82) is 0 Å². The minimum absolute atomic E-state index is 0.0115. The summed E-state index contributed by atoms with van der Waals surface area (Å²) in [5, 5.41) is 9.23. The molecule has 0 saturated carbocycles. The van der Waals surface area contributed by atoms with Gasteiger partial charge in [0.1, 0.15) is 0 Å². The number of nitrogens with one attached hydrogen (secondary N) is 1. The molecule has 176 valence electrons. The number of aliphatic imine (C=N–C) groups is 1. The Morgan fingerprint density at radius 2 is 1.91 bits per heavy atom. The lowest BCUT2D eigenvalue weighted by Gasteiger charge is -2.13. The zero-order valence-corrected chi connectivity index (χ0v) is 19.8. The van der Waals surface area contributed by atoms with Crippen LogP contribution in [-0.4, -0.2) is 50.9 Å². The van der Waals surface area contributed by atoms with Crippen LogP contribution in [0, 0.1) is 12.7 Å². The van der Waals surface area contributed by atoms with Crippen molar-refractivity contribution < 1.29 is 21.2 Å². The van der Waals surface area contributed by atoms with E-state index in [4.69, 9.17) is 5.14 Å².